The van der Waals surface area contributed by atoms with Gasteiger partial charge in [-0.2, -0.15) is 0 Å². The summed E-state index contributed by atoms with van der Waals surface area (Å²) in [4.78, 5) is 4.52. The summed E-state index contributed by atoms with van der Waals surface area (Å²) in [6, 6.07) is 75.3. The Kier molecular flexibility index (Phi) is 10.8. The van der Waals surface area contributed by atoms with Gasteiger partial charge in [0.2, 0.25) is 11.8 Å². The highest BCUT2D eigenvalue weighted by atomic mass is 16.4. The molecular formula is C54H40N4O. The Morgan fingerprint density at radius 1 is 0.271 bits per heavy atom. The van der Waals surface area contributed by atoms with Crippen molar-refractivity contribution < 1.29 is 4.42 Å². The van der Waals surface area contributed by atoms with Gasteiger partial charge in [-0.05, 0) is 119 Å². The van der Waals surface area contributed by atoms with Crippen LogP contribution in [0.25, 0.3) is 47.2 Å². The van der Waals surface area contributed by atoms with Crippen LogP contribution >= 0.6 is 0 Å². The van der Waals surface area contributed by atoms with Crippen molar-refractivity contribution in [2.45, 2.75) is 0 Å². The van der Waals surface area contributed by atoms with Gasteiger partial charge in [0.05, 0.1) is 0 Å². The zero-order valence-electron chi connectivity index (χ0n) is 32.3. The predicted octanol–water partition coefficient (Wildman–Crippen LogP) is 14.7. The highest BCUT2D eigenvalue weighted by Gasteiger charge is 2.14. The topological polar surface area (TPSA) is 45.4 Å². The lowest BCUT2D eigenvalue weighted by Crippen LogP contribution is -2.09. The fourth-order valence-electron chi connectivity index (χ4n) is 6.99. The van der Waals surface area contributed by atoms with Crippen molar-refractivity contribution >= 4 is 58.4 Å². The Morgan fingerprint density at radius 2 is 0.508 bits per heavy atom. The summed E-state index contributed by atoms with van der Waals surface area (Å²) in [5, 5.41) is 8.71. The van der Waals surface area contributed by atoms with Crippen molar-refractivity contribution in [1.29, 1.82) is 0 Å². The van der Waals surface area contributed by atoms with Gasteiger partial charge in [0.25, 0.3) is 0 Å². The van der Waals surface area contributed by atoms with E-state index in [2.05, 4.69) is 214 Å². The molecule has 59 heavy (non-hydrogen) atoms. The average Bonchev–Trinajstić information content (AvgIpc) is 3.81. The normalized spacial score (nSPS) is 11.3. The number of anilines is 6. The lowest BCUT2D eigenvalue weighted by atomic mass is 10.1. The molecule has 0 bridgehead atoms. The van der Waals surface area contributed by atoms with Crippen molar-refractivity contribution in [1.82, 2.24) is 10.2 Å². The van der Waals surface area contributed by atoms with Crippen molar-refractivity contribution in [3.63, 3.8) is 0 Å². The van der Waals surface area contributed by atoms with E-state index >= 15 is 0 Å². The Hall–Kier alpha value is -8.02. The number of nitrogens with zero attached hydrogens (tertiary/aromatic N) is 4. The zero-order chi connectivity index (χ0) is 39.6. The van der Waals surface area contributed by atoms with Crippen LogP contribution in [0, 0.1) is 0 Å². The molecule has 0 saturated heterocycles. The molecule has 282 valence electrons. The second-order valence-corrected chi connectivity index (χ2v) is 14.0. The van der Waals surface area contributed by atoms with E-state index in [4.69, 9.17) is 4.42 Å². The molecule has 1 aromatic heterocycles. The Bertz CT molecular complexity index is 2490. The van der Waals surface area contributed by atoms with E-state index in [-0.39, 0.29) is 0 Å². The van der Waals surface area contributed by atoms with E-state index in [9.17, 15) is 0 Å². The number of hydrogen-bond acceptors (Lipinski definition) is 5. The van der Waals surface area contributed by atoms with Gasteiger partial charge in [-0.15, -0.1) is 10.2 Å². The molecule has 0 aliphatic rings. The molecule has 1 heterocycles. The van der Waals surface area contributed by atoms with E-state index in [0.29, 0.717) is 11.8 Å². The number of hydrogen-bond donors (Lipinski definition) is 0. The number of benzene rings is 8. The van der Waals surface area contributed by atoms with Crippen LogP contribution in [0.1, 0.15) is 22.3 Å². The van der Waals surface area contributed by atoms with Crippen molar-refractivity contribution in [3.05, 3.63) is 241 Å². The summed E-state index contributed by atoms with van der Waals surface area (Å²) in [6.07, 6.45) is 8.47. The van der Waals surface area contributed by atoms with Crippen LogP contribution in [0.3, 0.4) is 0 Å². The Labute approximate surface area is 345 Å². The molecule has 8 aromatic carbocycles. The van der Waals surface area contributed by atoms with Crippen molar-refractivity contribution in [2.24, 2.45) is 0 Å². The summed E-state index contributed by atoms with van der Waals surface area (Å²) in [5.74, 6) is 0.969. The van der Waals surface area contributed by atoms with E-state index in [1.165, 1.54) is 0 Å². The standard InChI is InChI=1S/C54H40N4O/c1-5-13-47(14-6-1)57(48-15-7-2-8-16-48)51-37-29-43(30-38-51)23-21-41-25-33-45(34-26-41)53-55-56-54(59-53)46-35-27-42(28-36-46)22-24-44-31-39-52(40-32-44)58(49-17-9-3-10-18-49)50-19-11-4-12-20-50/h1-40H/b23-21+,24-22+. The molecule has 0 aliphatic heterocycles. The second kappa shape index (κ2) is 17.4. The minimum Gasteiger partial charge on any atom is -0.416 e. The highest BCUT2D eigenvalue weighted by Crippen LogP contribution is 2.36. The minimum absolute atomic E-state index is 0.484. The third kappa shape index (κ3) is 8.70. The smallest absolute Gasteiger partial charge is 0.248 e. The molecule has 0 unspecified atom stereocenters. The molecule has 5 heteroatoms. The van der Waals surface area contributed by atoms with Gasteiger partial charge in [-0.3, -0.25) is 0 Å². The van der Waals surface area contributed by atoms with Crippen LogP contribution in [0.5, 0.6) is 0 Å². The quantitative estimate of drug-likeness (QED) is 0.116. The van der Waals surface area contributed by atoms with Crippen LogP contribution in [-0.2, 0) is 0 Å². The maximum Gasteiger partial charge on any atom is 0.248 e. The van der Waals surface area contributed by atoms with Crippen LogP contribution in [-0.4, -0.2) is 10.2 Å². The van der Waals surface area contributed by atoms with E-state index in [0.717, 1.165) is 67.5 Å². The summed E-state index contributed by atoms with van der Waals surface area (Å²) in [5.41, 5.74) is 12.8. The van der Waals surface area contributed by atoms with Gasteiger partial charge in [0.1, 0.15) is 0 Å². The lowest BCUT2D eigenvalue weighted by molar-refractivity contribution is 0.584. The molecule has 9 rings (SSSR count). The Morgan fingerprint density at radius 3 is 0.780 bits per heavy atom. The maximum atomic E-state index is 6.12. The van der Waals surface area contributed by atoms with Crippen molar-refractivity contribution in [2.75, 3.05) is 9.80 Å². The Balaban J connectivity index is 0.826. The minimum atomic E-state index is 0.484. The first-order valence-corrected chi connectivity index (χ1v) is 19.6. The fraction of sp³-hybridized carbons (Fsp3) is 0. The molecule has 0 aliphatic carbocycles. The van der Waals surface area contributed by atoms with Crippen LogP contribution < -0.4 is 9.80 Å². The number of rotatable bonds is 12. The SMILES string of the molecule is C(=C\c1ccc(N(c2ccccc2)c2ccccc2)cc1)/c1ccc(-c2nnc(-c3ccc(/C=C/c4ccc(N(c5ccccc5)c5ccccc5)cc4)cc3)o2)cc1. The van der Waals surface area contributed by atoms with Crippen LogP contribution in [0.2, 0.25) is 0 Å². The van der Waals surface area contributed by atoms with Crippen LogP contribution in [0.4, 0.5) is 34.1 Å². The molecule has 0 spiro atoms. The summed E-state index contributed by atoms with van der Waals surface area (Å²) >= 11 is 0. The largest absolute Gasteiger partial charge is 0.416 e. The van der Waals surface area contributed by atoms with E-state index < -0.39 is 0 Å². The van der Waals surface area contributed by atoms with Gasteiger partial charge >= 0.3 is 0 Å². The van der Waals surface area contributed by atoms with Gasteiger partial charge in [-0.25, -0.2) is 0 Å². The fourth-order valence-corrected chi connectivity index (χ4v) is 6.99. The summed E-state index contributed by atoms with van der Waals surface area (Å²) in [7, 11) is 0. The highest BCUT2D eigenvalue weighted by molar-refractivity contribution is 5.80. The molecule has 0 radical (unpaired) electrons. The third-order valence-electron chi connectivity index (χ3n) is 10.0. The molecule has 0 fully saturated rings. The molecule has 0 N–H and O–H groups in total. The van der Waals surface area contributed by atoms with Crippen molar-refractivity contribution in [3.8, 4) is 22.9 Å². The zero-order valence-corrected chi connectivity index (χ0v) is 32.3. The number of para-hydroxylation sites is 4. The first kappa shape index (κ1) is 36.6. The van der Waals surface area contributed by atoms with Gasteiger partial charge in [0.15, 0.2) is 0 Å². The van der Waals surface area contributed by atoms with E-state index in [1.807, 2.05) is 48.5 Å². The maximum absolute atomic E-state index is 6.12. The second-order valence-electron chi connectivity index (χ2n) is 14.0. The summed E-state index contributed by atoms with van der Waals surface area (Å²) < 4.78 is 6.12. The lowest BCUT2D eigenvalue weighted by Gasteiger charge is -2.25. The molecule has 0 atom stereocenters. The van der Waals surface area contributed by atoms with Gasteiger partial charge in [-0.1, -0.05) is 146 Å². The number of aromatic nitrogens is 2. The van der Waals surface area contributed by atoms with Gasteiger partial charge < -0.3 is 14.2 Å². The van der Waals surface area contributed by atoms with Crippen LogP contribution in [0.15, 0.2) is 223 Å². The molecule has 0 amide bonds. The molecular weight excluding hydrogens is 721 g/mol. The van der Waals surface area contributed by atoms with Gasteiger partial charge in [0, 0.05) is 45.3 Å². The molecule has 9 aromatic rings. The molecule has 0 saturated carbocycles. The monoisotopic (exact) mass is 760 g/mol. The first-order chi connectivity index (χ1) is 29.2. The predicted molar refractivity (Wildman–Crippen MR) is 245 cm³/mol. The first-order valence-electron chi connectivity index (χ1n) is 19.6. The third-order valence-corrected chi connectivity index (χ3v) is 10.0. The van der Waals surface area contributed by atoms with E-state index in [1.54, 1.807) is 0 Å². The average molecular weight is 761 g/mol. The summed E-state index contributed by atoms with van der Waals surface area (Å²) in [6.45, 7) is 0. The molecule has 5 nitrogen and oxygen atoms in total.